The first-order chi connectivity index (χ1) is 9.65. The summed E-state index contributed by atoms with van der Waals surface area (Å²) in [6.45, 7) is 1.96. The highest BCUT2D eigenvalue weighted by atomic mass is 19.1. The third-order valence-corrected chi connectivity index (χ3v) is 2.80. The number of nitrogens with one attached hydrogen (secondary N) is 1. The largest absolute Gasteiger partial charge is 0.493 e. The van der Waals surface area contributed by atoms with Gasteiger partial charge in [0.1, 0.15) is 11.6 Å². The number of halogens is 1. The van der Waals surface area contributed by atoms with Gasteiger partial charge in [0.05, 0.1) is 13.0 Å². The van der Waals surface area contributed by atoms with Crippen LogP contribution in [-0.4, -0.2) is 12.5 Å². The van der Waals surface area contributed by atoms with Crippen LogP contribution in [0.5, 0.6) is 5.75 Å². The van der Waals surface area contributed by atoms with E-state index in [1.54, 1.807) is 19.1 Å². The van der Waals surface area contributed by atoms with Crippen LogP contribution in [0.25, 0.3) is 0 Å². The number of hydrogen-bond acceptors (Lipinski definition) is 2. The summed E-state index contributed by atoms with van der Waals surface area (Å²) in [7, 11) is 0. The molecule has 0 heterocycles. The fourth-order valence-corrected chi connectivity index (χ4v) is 1.67. The van der Waals surface area contributed by atoms with E-state index in [9.17, 15) is 9.18 Å². The normalized spacial score (nSPS) is 10.1. The summed E-state index contributed by atoms with van der Waals surface area (Å²) in [6, 6.07) is 13.9. The molecule has 1 amide bonds. The summed E-state index contributed by atoms with van der Waals surface area (Å²) >= 11 is 0. The van der Waals surface area contributed by atoms with E-state index in [1.165, 1.54) is 6.07 Å². The van der Waals surface area contributed by atoms with Crippen LogP contribution in [0.4, 0.5) is 10.1 Å². The molecule has 2 rings (SSSR count). The Morgan fingerprint density at radius 1 is 1.20 bits per heavy atom. The Morgan fingerprint density at radius 3 is 2.65 bits per heavy atom. The van der Waals surface area contributed by atoms with E-state index in [4.69, 9.17) is 4.74 Å². The Labute approximate surface area is 117 Å². The predicted octanol–water partition coefficient (Wildman–Crippen LogP) is 3.54. The molecule has 0 radical (unpaired) electrons. The van der Waals surface area contributed by atoms with Crippen molar-refractivity contribution >= 4 is 11.6 Å². The summed E-state index contributed by atoms with van der Waals surface area (Å²) in [5, 5.41) is 2.64. The van der Waals surface area contributed by atoms with Crippen molar-refractivity contribution in [3.63, 3.8) is 0 Å². The van der Waals surface area contributed by atoms with Gasteiger partial charge >= 0.3 is 0 Å². The molecule has 0 aliphatic carbocycles. The second kappa shape index (κ2) is 6.70. The number of amides is 1. The van der Waals surface area contributed by atoms with Crippen molar-refractivity contribution in [3.8, 4) is 5.75 Å². The predicted molar refractivity (Wildman–Crippen MR) is 76.3 cm³/mol. The second-order valence-corrected chi connectivity index (χ2v) is 4.42. The standard InChI is InChI=1S/C16H16FNO2/c1-12-7-8-13(11-15(12)17)18-16(19)9-10-20-14-5-3-2-4-6-14/h2-8,11H,9-10H2,1H3,(H,18,19). The highest BCUT2D eigenvalue weighted by Gasteiger charge is 2.05. The van der Waals surface area contributed by atoms with E-state index >= 15 is 0 Å². The van der Waals surface area contributed by atoms with E-state index in [0.29, 0.717) is 11.3 Å². The van der Waals surface area contributed by atoms with Crippen molar-refractivity contribution < 1.29 is 13.9 Å². The van der Waals surface area contributed by atoms with Crippen LogP contribution in [0.2, 0.25) is 0 Å². The van der Waals surface area contributed by atoms with E-state index in [0.717, 1.165) is 5.75 Å². The molecular formula is C16H16FNO2. The third-order valence-electron chi connectivity index (χ3n) is 2.80. The molecule has 2 aromatic rings. The molecule has 4 heteroatoms. The number of hydrogen-bond donors (Lipinski definition) is 1. The Balaban J connectivity index is 1.79. The molecule has 0 aromatic heterocycles. The first kappa shape index (κ1) is 14.1. The van der Waals surface area contributed by atoms with Crippen molar-refractivity contribution in [1.82, 2.24) is 0 Å². The quantitative estimate of drug-likeness (QED) is 0.904. The summed E-state index contributed by atoms with van der Waals surface area (Å²) < 4.78 is 18.7. The zero-order valence-corrected chi connectivity index (χ0v) is 11.2. The Bertz CT molecular complexity index is 584. The molecule has 20 heavy (non-hydrogen) atoms. The maximum atomic E-state index is 13.3. The van der Waals surface area contributed by atoms with Crippen LogP contribution in [0.15, 0.2) is 48.5 Å². The van der Waals surface area contributed by atoms with Crippen LogP contribution in [0.3, 0.4) is 0 Å². The van der Waals surface area contributed by atoms with Crippen molar-refractivity contribution in [2.75, 3.05) is 11.9 Å². The number of anilines is 1. The van der Waals surface area contributed by atoms with Gasteiger partial charge in [-0.15, -0.1) is 0 Å². The van der Waals surface area contributed by atoms with Gasteiger partial charge in [-0.2, -0.15) is 0 Å². The molecule has 0 saturated carbocycles. The van der Waals surface area contributed by atoms with Crippen LogP contribution < -0.4 is 10.1 Å². The molecule has 104 valence electrons. The minimum absolute atomic E-state index is 0.204. The summed E-state index contributed by atoms with van der Waals surface area (Å²) in [4.78, 5) is 11.7. The van der Waals surface area contributed by atoms with Gasteiger partial charge in [0, 0.05) is 5.69 Å². The van der Waals surface area contributed by atoms with Gasteiger partial charge in [0.25, 0.3) is 0 Å². The van der Waals surface area contributed by atoms with E-state index in [1.807, 2.05) is 30.3 Å². The maximum Gasteiger partial charge on any atom is 0.227 e. The van der Waals surface area contributed by atoms with Gasteiger partial charge in [-0.1, -0.05) is 24.3 Å². The zero-order valence-electron chi connectivity index (χ0n) is 11.2. The van der Waals surface area contributed by atoms with Gasteiger partial charge in [-0.25, -0.2) is 4.39 Å². The van der Waals surface area contributed by atoms with Crippen molar-refractivity contribution in [2.45, 2.75) is 13.3 Å². The molecule has 1 N–H and O–H groups in total. The molecule has 3 nitrogen and oxygen atoms in total. The first-order valence-corrected chi connectivity index (χ1v) is 6.39. The number of benzene rings is 2. The molecule has 0 spiro atoms. The summed E-state index contributed by atoms with van der Waals surface area (Å²) in [6.07, 6.45) is 0.213. The molecule has 0 atom stereocenters. The van der Waals surface area contributed by atoms with Crippen molar-refractivity contribution in [1.29, 1.82) is 0 Å². The second-order valence-electron chi connectivity index (χ2n) is 4.42. The molecule has 0 saturated heterocycles. The molecular weight excluding hydrogens is 257 g/mol. The number of ether oxygens (including phenoxy) is 1. The lowest BCUT2D eigenvalue weighted by atomic mass is 10.2. The molecule has 0 bridgehead atoms. The van der Waals surface area contributed by atoms with Gasteiger partial charge < -0.3 is 10.1 Å². The van der Waals surface area contributed by atoms with E-state index in [-0.39, 0.29) is 24.8 Å². The molecule has 0 fully saturated rings. The number of aryl methyl sites for hydroxylation is 1. The van der Waals surface area contributed by atoms with Crippen LogP contribution in [0.1, 0.15) is 12.0 Å². The van der Waals surface area contributed by atoms with Gasteiger partial charge in [0.15, 0.2) is 0 Å². The van der Waals surface area contributed by atoms with Gasteiger partial charge in [-0.3, -0.25) is 4.79 Å². The van der Waals surface area contributed by atoms with Crippen molar-refractivity contribution in [3.05, 3.63) is 59.9 Å². The fraction of sp³-hybridized carbons (Fsp3) is 0.188. The third kappa shape index (κ3) is 4.09. The fourth-order valence-electron chi connectivity index (χ4n) is 1.67. The van der Waals surface area contributed by atoms with E-state index in [2.05, 4.69) is 5.32 Å². The number of para-hydroxylation sites is 1. The number of carbonyl (C=O) groups is 1. The van der Waals surface area contributed by atoms with Gasteiger partial charge in [0.2, 0.25) is 5.91 Å². The summed E-state index contributed by atoms with van der Waals surface area (Å²) in [5.74, 6) is 0.189. The number of carbonyl (C=O) groups excluding carboxylic acids is 1. The average Bonchev–Trinajstić information content (AvgIpc) is 2.44. The molecule has 0 aliphatic rings. The SMILES string of the molecule is Cc1ccc(NC(=O)CCOc2ccccc2)cc1F. The summed E-state index contributed by atoms with van der Waals surface area (Å²) in [5.41, 5.74) is 1.01. The van der Waals surface area contributed by atoms with Crippen LogP contribution >= 0.6 is 0 Å². The minimum Gasteiger partial charge on any atom is -0.493 e. The Hall–Kier alpha value is -2.36. The minimum atomic E-state index is -0.330. The average molecular weight is 273 g/mol. The molecule has 2 aromatic carbocycles. The highest BCUT2D eigenvalue weighted by Crippen LogP contribution is 2.14. The highest BCUT2D eigenvalue weighted by molar-refractivity contribution is 5.90. The topological polar surface area (TPSA) is 38.3 Å². The van der Waals surface area contributed by atoms with Gasteiger partial charge in [-0.05, 0) is 36.8 Å². The Morgan fingerprint density at radius 2 is 1.95 bits per heavy atom. The lowest BCUT2D eigenvalue weighted by Crippen LogP contribution is -2.15. The lowest BCUT2D eigenvalue weighted by Gasteiger charge is -2.08. The molecule has 0 aliphatic heterocycles. The number of rotatable bonds is 5. The maximum absolute atomic E-state index is 13.3. The zero-order chi connectivity index (χ0) is 14.4. The smallest absolute Gasteiger partial charge is 0.227 e. The van der Waals surface area contributed by atoms with Crippen molar-refractivity contribution in [2.24, 2.45) is 0 Å². The van der Waals surface area contributed by atoms with Crippen LogP contribution in [-0.2, 0) is 4.79 Å². The monoisotopic (exact) mass is 273 g/mol. The van der Waals surface area contributed by atoms with E-state index < -0.39 is 0 Å². The first-order valence-electron chi connectivity index (χ1n) is 6.39. The molecule has 0 unspecified atom stereocenters. The Kier molecular flexibility index (Phi) is 4.71. The lowest BCUT2D eigenvalue weighted by molar-refractivity contribution is -0.116. The van der Waals surface area contributed by atoms with Crippen LogP contribution in [0, 0.1) is 12.7 Å².